The van der Waals surface area contributed by atoms with E-state index in [0.29, 0.717) is 11.3 Å². The fourth-order valence-electron chi connectivity index (χ4n) is 1.48. The summed E-state index contributed by atoms with van der Waals surface area (Å²) in [6, 6.07) is 4.57. The smallest absolute Gasteiger partial charge is 0.358 e. The Morgan fingerprint density at radius 1 is 1.32 bits per heavy atom. The van der Waals surface area contributed by atoms with Crippen LogP contribution in [0.25, 0.3) is 0 Å². The fraction of sp³-hybridized carbons (Fsp3) is 0.167. The largest absolute Gasteiger partial charge is 0.476 e. The first kappa shape index (κ1) is 13.2. The number of hydrogen-bond acceptors (Lipinski definition) is 4. The van der Waals surface area contributed by atoms with Crippen LogP contribution in [0, 0.1) is 11.6 Å². The summed E-state index contributed by atoms with van der Waals surface area (Å²) < 4.78 is 30.7. The molecule has 0 saturated heterocycles. The molecule has 1 aromatic carbocycles. The summed E-state index contributed by atoms with van der Waals surface area (Å²) in [6.07, 6.45) is 0. The summed E-state index contributed by atoms with van der Waals surface area (Å²) in [6.45, 7) is 0.353. The SMILES string of the molecule is O=C(O)c1cc(CNCc2ccc(F)cc2F)on1. The van der Waals surface area contributed by atoms with Crippen molar-refractivity contribution in [3.8, 4) is 0 Å². The van der Waals surface area contributed by atoms with Crippen molar-refractivity contribution in [1.82, 2.24) is 10.5 Å². The molecule has 0 saturated carbocycles. The number of aromatic nitrogens is 1. The highest BCUT2D eigenvalue weighted by Crippen LogP contribution is 2.10. The molecule has 7 heteroatoms. The lowest BCUT2D eigenvalue weighted by atomic mass is 10.2. The molecule has 0 atom stereocenters. The first-order valence-electron chi connectivity index (χ1n) is 5.40. The molecule has 0 aliphatic rings. The van der Waals surface area contributed by atoms with Gasteiger partial charge in [0.2, 0.25) is 0 Å². The summed E-state index contributed by atoms with van der Waals surface area (Å²) in [5.74, 6) is -2.14. The second-order valence-electron chi connectivity index (χ2n) is 3.82. The third-order valence-electron chi connectivity index (χ3n) is 2.41. The molecular formula is C12H10F2N2O3. The van der Waals surface area contributed by atoms with E-state index in [9.17, 15) is 13.6 Å². The number of nitrogens with one attached hydrogen (secondary N) is 1. The molecule has 0 radical (unpaired) electrons. The monoisotopic (exact) mass is 268 g/mol. The zero-order valence-electron chi connectivity index (χ0n) is 9.69. The van der Waals surface area contributed by atoms with Gasteiger partial charge in [-0.2, -0.15) is 0 Å². The summed E-state index contributed by atoms with van der Waals surface area (Å²) in [7, 11) is 0. The first-order chi connectivity index (χ1) is 9.06. The number of benzene rings is 1. The average molecular weight is 268 g/mol. The van der Waals surface area contributed by atoms with Gasteiger partial charge >= 0.3 is 5.97 Å². The number of rotatable bonds is 5. The maximum atomic E-state index is 13.3. The molecule has 0 bridgehead atoms. The Bertz CT molecular complexity index is 598. The number of nitrogens with zero attached hydrogens (tertiary/aromatic N) is 1. The minimum absolute atomic E-state index is 0.162. The zero-order chi connectivity index (χ0) is 13.8. The highest BCUT2D eigenvalue weighted by Gasteiger charge is 2.10. The maximum absolute atomic E-state index is 13.3. The minimum atomic E-state index is -1.18. The molecule has 2 aromatic rings. The van der Waals surface area contributed by atoms with Crippen LogP contribution in [0.3, 0.4) is 0 Å². The Morgan fingerprint density at radius 2 is 2.11 bits per heavy atom. The van der Waals surface area contributed by atoms with Crippen molar-refractivity contribution in [3.63, 3.8) is 0 Å². The van der Waals surface area contributed by atoms with Crippen molar-refractivity contribution in [2.45, 2.75) is 13.1 Å². The van der Waals surface area contributed by atoms with Crippen molar-refractivity contribution in [3.05, 3.63) is 52.9 Å². The Hall–Kier alpha value is -2.28. The molecule has 0 amide bonds. The lowest BCUT2D eigenvalue weighted by molar-refractivity contribution is 0.0685. The van der Waals surface area contributed by atoms with E-state index in [1.807, 2.05) is 0 Å². The van der Waals surface area contributed by atoms with Crippen LogP contribution < -0.4 is 5.32 Å². The van der Waals surface area contributed by atoms with E-state index in [0.717, 1.165) is 12.1 Å². The predicted molar refractivity (Wildman–Crippen MR) is 60.4 cm³/mol. The van der Waals surface area contributed by atoms with Gasteiger partial charge in [-0.05, 0) is 6.07 Å². The number of carboxylic acids is 1. The van der Waals surface area contributed by atoms with E-state index in [1.165, 1.54) is 12.1 Å². The molecule has 1 aromatic heterocycles. The lowest BCUT2D eigenvalue weighted by Crippen LogP contribution is -2.13. The highest BCUT2D eigenvalue weighted by atomic mass is 19.1. The fourth-order valence-corrected chi connectivity index (χ4v) is 1.48. The topological polar surface area (TPSA) is 75.4 Å². The van der Waals surface area contributed by atoms with Gasteiger partial charge < -0.3 is 14.9 Å². The van der Waals surface area contributed by atoms with Crippen LogP contribution in [0.2, 0.25) is 0 Å². The Labute approximate surface area is 106 Å². The number of carboxylic acid groups (broad SMARTS) is 1. The third-order valence-corrected chi connectivity index (χ3v) is 2.41. The summed E-state index contributed by atoms with van der Waals surface area (Å²) in [4.78, 5) is 10.6. The van der Waals surface area contributed by atoms with Gasteiger partial charge in [0.05, 0.1) is 6.54 Å². The quantitative estimate of drug-likeness (QED) is 0.866. The molecule has 0 aliphatic heterocycles. The van der Waals surface area contributed by atoms with Crippen LogP contribution in [0.5, 0.6) is 0 Å². The Morgan fingerprint density at radius 3 is 2.74 bits per heavy atom. The Kier molecular flexibility index (Phi) is 3.86. The lowest BCUT2D eigenvalue weighted by Gasteiger charge is -2.04. The number of aromatic carboxylic acids is 1. The van der Waals surface area contributed by atoms with Crippen LogP contribution >= 0.6 is 0 Å². The van der Waals surface area contributed by atoms with E-state index in [1.54, 1.807) is 0 Å². The summed E-state index contributed by atoms with van der Waals surface area (Å²) >= 11 is 0. The second kappa shape index (κ2) is 5.57. The normalized spacial score (nSPS) is 10.6. The van der Waals surface area contributed by atoms with Crippen molar-refractivity contribution in [2.75, 3.05) is 0 Å². The van der Waals surface area contributed by atoms with Crippen molar-refractivity contribution < 1.29 is 23.2 Å². The molecule has 1 heterocycles. The van der Waals surface area contributed by atoms with Crippen molar-refractivity contribution in [1.29, 1.82) is 0 Å². The van der Waals surface area contributed by atoms with Gasteiger partial charge in [0.1, 0.15) is 11.6 Å². The van der Waals surface area contributed by atoms with Crippen molar-refractivity contribution >= 4 is 5.97 Å². The molecular weight excluding hydrogens is 258 g/mol. The van der Waals surface area contributed by atoms with Gasteiger partial charge in [0.15, 0.2) is 11.5 Å². The van der Waals surface area contributed by atoms with Gasteiger partial charge in [-0.1, -0.05) is 11.2 Å². The minimum Gasteiger partial charge on any atom is -0.476 e. The second-order valence-corrected chi connectivity index (χ2v) is 3.82. The van der Waals surface area contributed by atoms with Crippen LogP contribution in [-0.2, 0) is 13.1 Å². The van der Waals surface area contributed by atoms with Crippen LogP contribution in [0.15, 0.2) is 28.8 Å². The molecule has 0 spiro atoms. The van der Waals surface area contributed by atoms with Gasteiger partial charge in [-0.3, -0.25) is 0 Å². The predicted octanol–water partition coefficient (Wildman–Crippen LogP) is 1.94. The molecule has 2 N–H and O–H groups in total. The summed E-state index contributed by atoms with van der Waals surface area (Å²) in [5, 5.41) is 14.8. The number of carbonyl (C=O) groups is 1. The van der Waals surface area contributed by atoms with E-state index >= 15 is 0 Å². The first-order valence-corrected chi connectivity index (χ1v) is 5.40. The molecule has 19 heavy (non-hydrogen) atoms. The van der Waals surface area contributed by atoms with E-state index in [-0.39, 0.29) is 18.8 Å². The number of hydrogen-bond donors (Lipinski definition) is 2. The molecule has 0 aliphatic carbocycles. The van der Waals surface area contributed by atoms with Crippen LogP contribution in [0.4, 0.5) is 8.78 Å². The molecule has 0 unspecified atom stereocenters. The zero-order valence-corrected chi connectivity index (χ0v) is 9.69. The summed E-state index contributed by atoms with van der Waals surface area (Å²) in [5.41, 5.74) is 0.115. The standard InChI is InChI=1S/C12H10F2N2O3/c13-8-2-1-7(10(14)3-8)5-15-6-9-4-11(12(17)18)16-19-9/h1-4,15H,5-6H2,(H,17,18). The molecule has 0 fully saturated rings. The van der Waals surface area contributed by atoms with Gasteiger partial charge in [0, 0.05) is 24.2 Å². The van der Waals surface area contributed by atoms with Gasteiger partial charge in [0.25, 0.3) is 0 Å². The Balaban J connectivity index is 1.90. The van der Waals surface area contributed by atoms with E-state index in [2.05, 4.69) is 10.5 Å². The average Bonchev–Trinajstić information content (AvgIpc) is 2.81. The van der Waals surface area contributed by atoms with Crippen LogP contribution in [-0.4, -0.2) is 16.2 Å². The van der Waals surface area contributed by atoms with Crippen LogP contribution in [0.1, 0.15) is 21.8 Å². The molecule has 5 nitrogen and oxygen atoms in total. The van der Waals surface area contributed by atoms with Gasteiger partial charge in [-0.25, -0.2) is 13.6 Å². The number of halogens is 2. The van der Waals surface area contributed by atoms with Crippen molar-refractivity contribution in [2.24, 2.45) is 0 Å². The van der Waals surface area contributed by atoms with Gasteiger partial charge in [-0.15, -0.1) is 0 Å². The van der Waals surface area contributed by atoms with E-state index < -0.39 is 17.6 Å². The maximum Gasteiger partial charge on any atom is 0.358 e. The van der Waals surface area contributed by atoms with E-state index in [4.69, 9.17) is 9.63 Å². The highest BCUT2D eigenvalue weighted by molar-refractivity contribution is 5.85. The molecule has 2 rings (SSSR count). The molecule has 100 valence electrons. The third kappa shape index (κ3) is 3.35.